The Morgan fingerprint density at radius 3 is 2.68 bits per heavy atom. The lowest BCUT2D eigenvalue weighted by atomic mass is 10.3. The van der Waals surface area contributed by atoms with Gasteiger partial charge in [-0.2, -0.15) is 0 Å². The van der Waals surface area contributed by atoms with Gasteiger partial charge in [0.1, 0.15) is 5.82 Å². The summed E-state index contributed by atoms with van der Waals surface area (Å²) in [7, 11) is -3.14. The average molecular weight is 338 g/mol. The van der Waals surface area contributed by atoms with Crippen molar-refractivity contribution >= 4 is 21.8 Å². The molecular weight excluding hydrogens is 320 g/mol. The van der Waals surface area contributed by atoms with Gasteiger partial charge >= 0.3 is 0 Å². The Hall–Kier alpha value is -1.38. The molecule has 22 heavy (non-hydrogen) atoms. The van der Waals surface area contributed by atoms with Crippen molar-refractivity contribution < 1.29 is 8.42 Å². The molecule has 6 nitrogen and oxygen atoms in total. The minimum absolute atomic E-state index is 0.377. The Labute approximate surface area is 134 Å². The molecule has 1 heterocycles. The standard InChI is InChI=1S/C14H18N4O2S2/c1-22(19,20)15-9-10-21-14-16-13(11-7-8-11)18(17-14)12-5-3-2-4-6-12/h2-6,11,15H,7-10H2,1H3. The topological polar surface area (TPSA) is 76.9 Å². The van der Waals surface area contributed by atoms with E-state index in [-0.39, 0.29) is 0 Å². The first-order chi connectivity index (χ1) is 10.5. The van der Waals surface area contributed by atoms with E-state index in [1.54, 1.807) is 0 Å². The van der Waals surface area contributed by atoms with Crippen LogP contribution in [0.25, 0.3) is 5.69 Å². The number of hydrogen-bond donors (Lipinski definition) is 1. The molecule has 8 heteroatoms. The number of benzene rings is 1. The monoisotopic (exact) mass is 338 g/mol. The number of rotatable bonds is 7. The zero-order valence-electron chi connectivity index (χ0n) is 12.3. The van der Waals surface area contributed by atoms with Gasteiger partial charge in [0.15, 0.2) is 0 Å². The lowest BCUT2D eigenvalue weighted by Crippen LogP contribution is -2.24. The van der Waals surface area contributed by atoms with Crippen LogP contribution in [-0.2, 0) is 10.0 Å². The highest BCUT2D eigenvalue weighted by atomic mass is 32.2. The third kappa shape index (κ3) is 4.08. The molecule has 0 atom stereocenters. The number of para-hydroxylation sites is 1. The van der Waals surface area contributed by atoms with Crippen molar-refractivity contribution in [2.75, 3.05) is 18.6 Å². The Morgan fingerprint density at radius 2 is 2.05 bits per heavy atom. The summed E-state index contributed by atoms with van der Waals surface area (Å²) in [4.78, 5) is 4.62. The molecule has 0 saturated heterocycles. The summed E-state index contributed by atoms with van der Waals surface area (Å²) in [5.41, 5.74) is 1.01. The molecule has 1 N–H and O–H groups in total. The van der Waals surface area contributed by atoms with Crippen LogP contribution in [-0.4, -0.2) is 41.7 Å². The third-order valence-electron chi connectivity index (χ3n) is 3.25. The Kier molecular flexibility index (Phi) is 4.51. The van der Waals surface area contributed by atoms with Gasteiger partial charge in [0.2, 0.25) is 15.2 Å². The van der Waals surface area contributed by atoms with Crippen molar-refractivity contribution in [2.45, 2.75) is 23.9 Å². The van der Waals surface area contributed by atoms with Gasteiger partial charge in [-0.25, -0.2) is 22.8 Å². The maximum atomic E-state index is 11.0. The molecule has 0 radical (unpaired) electrons. The molecule has 3 rings (SSSR count). The Morgan fingerprint density at radius 1 is 1.32 bits per heavy atom. The van der Waals surface area contributed by atoms with Crippen LogP contribution in [0.15, 0.2) is 35.5 Å². The lowest BCUT2D eigenvalue weighted by molar-refractivity contribution is 0.590. The first kappa shape index (κ1) is 15.5. The molecule has 1 aromatic heterocycles. The van der Waals surface area contributed by atoms with Crippen LogP contribution in [0.1, 0.15) is 24.6 Å². The van der Waals surface area contributed by atoms with Crippen molar-refractivity contribution in [1.29, 1.82) is 0 Å². The van der Waals surface area contributed by atoms with Crippen molar-refractivity contribution in [3.05, 3.63) is 36.2 Å². The van der Waals surface area contributed by atoms with Crippen LogP contribution >= 0.6 is 11.8 Å². The first-order valence-electron chi connectivity index (χ1n) is 7.13. The maximum absolute atomic E-state index is 11.0. The van der Waals surface area contributed by atoms with Gasteiger partial charge in [-0.1, -0.05) is 30.0 Å². The predicted molar refractivity (Wildman–Crippen MR) is 86.9 cm³/mol. The Balaban J connectivity index is 1.71. The van der Waals surface area contributed by atoms with E-state index in [9.17, 15) is 8.42 Å². The number of aromatic nitrogens is 3. The minimum atomic E-state index is -3.14. The van der Waals surface area contributed by atoms with Gasteiger partial charge in [-0.05, 0) is 25.0 Å². The normalized spacial score (nSPS) is 15.1. The van der Waals surface area contributed by atoms with E-state index in [1.165, 1.54) is 11.8 Å². The van der Waals surface area contributed by atoms with Crippen LogP contribution in [0.2, 0.25) is 0 Å². The smallest absolute Gasteiger partial charge is 0.209 e. The molecule has 2 aromatic rings. The zero-order valence-corrected chi connectivity index (χ0v) is 13.9. The molecule has 0 bridgehead atoms. The average Bonchev–Trinajstić information content (AvgIpc) is 3.24. The molecule has 118 valence electrons. The van der Waals surface area contributed by atoms with Crippen molar-refractivity contribution in [3.8, 4) is 5.69 Å². The van der Waals surface area contributed by atoms with Gasteiger partial charge in [0.25, 0.3) is 0 Å². The van der Waals surface area contributed by atoms with Crippen LogP contribution in [0, 0.1) is 0 Å². The van der Waals surface area contributed by atoms with E-state index in [2.05, 4.69) is 14.8 Å². The molecule has 1 aliphatic carbocycles. The van der Waals surface area contributed by atoms with E-state index in [1.807, 2.05) is 35.0 Å². The summed E-state index contributed by atoms with van der Waals surface area (Å²) in [5.74, 6) is 2.11. The van der Waals surface area contributed by atoms with Crippen LogP contribution in [0.5, 0.6) is 0 Å². The predicted octanol–water partition coefficient (Wildman–Crippen LogP) is 1.79. The second-order valence-electron chi connectivity index (χ2n) is 5.29. The van der Waals surface area contributed by atoms with Crippen LogP contribution in [0.4, 0.5) is 0 Å². The molecule has 0 spiro atoms. The highest BCUT2D eigenvalue weighted by Gasteiger charge is 2.30. The van der Waals surface area contributed by atoms with Gasteiger partial charge in [-0.3, -0.25) is 0 Å². The van der Waals surface area contributed by atoms with E-state index >= 15 is 0 Å². The summed E-state index contributed by atoms with van der Waals surface area (Å²) in [6, 6.07) is 9.97. The summed E-state index contributed by atoms with van der Waals surface area (Å²) in [6.45, 7) is 0.377. The van der Waals surface area contributed by atoms with E-state index in [0.717, 1.165) is 30.6 Å². The van der Waals surface area contributed by atoms with Gasteiger partial charge in [0, 0.05) is 18.2 Å². The molecule has 0 unspecified atom stereocenters. The largest absolute Gasteiger partial charge is 0.216 e. The third-order valence-corrected chi connectivity index (χ3v) is 4.82. The minimum Gasteiger partial charge on any atom is -0.216 e. The SMILES string of the molecule is CS(=O)(=O)NCCSc1nc(C2CC2)n(-c2ccccc2)n1. The van der Waals surface area contributed by atoms with E-state index in [4.69, 9.17) is 0 Å². The van der Waals surface area contributed by atoms with Crippen LogP contribution < -0.4 is 4.72 Å². The number of thioether (sulfide) groups is 1. The molecule has 1 saturated carbocycles. The quantitative estimate of drug-likeness (QED) is 0.615. The van der Waals surface area contributed by atoms with Crippen molar-refractivity contribution in [2.24, 2.45) is 0 Å². The highest BCUT2D eigenvalue weighted by Crippen LogP contribution is 2.40. The van der Waals surface area contributed by atoms with Crippen molar-refractivity contribution in [1.82, 2.24) is 19.5 Å². The Bertz CT molecular complexity index is 739. The number of hydrogen-bond acceptors (Lipinski definition) is 5. The fourth-order valence-electron chi connectivity index (χ4n) is 2.10. The summed E-state index contributed by atoms with van der Waals surface area (Å²) in [6.07, 6.45) is 3.47. The maximum Gasteiger partial charge on any atom is 0.209 e. The van der Waals surface area contributed by atoms with Crippen molar-refractivity contribution in [3.63, 3.8) is 0 Å². The second kappa shape index (κ2) is 6.39. The van der Waals surface area contributed by atoms with Gasteiger partial charge < -0.3 is 0 Å². The second-order valence-corrected chi connectivity index (χ2v) is 8.18. The molecule has 0 aliphatic heterocycles. The fourth-order valence-corrected chi connectivity index (χ4v) is 3.39. The van der Waals surface area contributed by atoms with Gasteiger partial charge in [-0.15, -0.1) is 5.10 Å². The zero-order chi connectivity index (χ0) is 15.6. The number of sulfonamides is 1. The summed E-state index contributed by atoms with van der Waals surface area (Å²) < 4.78 is 26.4. The molecule has 1 aromatic carbocycles. The van der Waals surface area contributed by atoms with E-state index < -0.39 is 10.0 Å². The lowest BCUT2D eigenvalue weighted by Gasteiger charge is -2.03. The molecular formula is C14H18N4O2S2. The summed E-state index contributed by atoms with van der Waals surface area (Å²) >= 11 is 1.47. The molecule has 0 amide bonds. The fraction of sp³-hybridized carbons (Fsp3) is 0.429. The van der Waals surface area contributed by atoms with Gasteiger partial charge in [0.05, 0.1) is 11.9 Å². The number of nitrogens with zero attached hydrogens (tertiary/aromatic N) is 3. The van der Waals surface area contributed by atoms with Crippen LogP contribution in [0.3, 0.4) is 0 Å². The van der Waals surface area contributed by atoms with E-state index in [0.29, 0.717) is 23.4 Å². The molecule has 1 aliphatic rings. The number of nitrogens with one attached hydrogen (secondary N) is 1. The molecule has 1 fully saturated rings. The summed E-state index contributed by atoms with van der Waals surface area (Å²) in [5, 5.41) is 5.26. The highest BCUT2D eigenvalue weighted by molar-refractivity contribution is 7.99. The first-order valence-corrected chi connectivity index (χ1v) is 10.0.